The third-order valence-electron chi connectivity index (χ3n) is 3.17. The quantitative estimate of drug-likeness (QED) is 0.644. The van der Waals surface area contributed by atoms with Crippen molar-refractivity contribution in [1.82, 2.24) is 0 Å². The zero-order valence-electron chi connectivity index (χ0n) is 12.1. The van der Waals surface area contributed by atoms with Crippen molar-refractivity contribution < 1.29 is 17.8 Å². The lowest BCUT2D eigenvalue weighted by Gasteiger charge is -2.09. The summed E-state index contributed by atoms with van der Waals surface area (Å²) < 4.78 is 31.8. The lowest BCUT2D eigenvalue weighted by molar-refractivity contribution is 0.102. The fourth-order valence-corrected chi connectivity index (χ4v) is 2.75. The third-order valence-corrected chi connectivity index (χ3v) is 4.08. The van der Waals surface area contributed by atoms with E-state index in [-0.39, 0.29) is 19.0 Å². The van der Waals surface area contributed by atoms with E-state index >= 15 is 0 Å². The molecule has 0 heterocycles. The number of hydrogen-bond acceptors (Lipinski definition) is 3. The van der Waals surface area contributed by atoms with Crippen LogP contribution < -0.4 is 5.32 Å². The molecule has 2 aromatic rings. The molecule has 2 N–H and O–H groups in total. The molecule has 0 saturated heterocycles. The zero-order chi connectivity index (χ0) is 16.2. The van der Waals surface area contributed by atoms with E-state index in [1.54, 1.807) is 18.2 Å². The molecule has 0 radical (unpaired) electrons. The number of anilines is 1. The summed E-state index contributed by atoms with van der Waals surface area (Å²) in [7, 11) is -4.39. The number of para-hydroxylation sites is 1. The van der Waals surface area contributed by atoms with Crippen LogP contribution in [0.2, 0.25) is 0 Å². The molecule has 0 aromatic heterocycles. The van der Waals surface area contributed by atoms with E-state index in [0.717, 1.165) is 18.4 Å². The van der Waals surface area contributed by atoms with Crippen molar-refractivity contribution >= 4 is 30.1 Å². The molecule has 5 nitrogen and oxygen atoms in total. The second-order valence-corrected chi connectivity index (χ2v) is 6.26. The standard InChI is InChI=1S/C16H17NO4S.BH4/c1-2-5-12-8-10-13(11-9-12)16(18)17-14-6-3-4-7-15(14)22(19,20)21;/h3-4,6-11H,2,5H2,1H3,(H,17,18)(H,19,20,21);1H4/q;-1. The summed E-state index contributed by atoms with van der Waals surface area (Å²) >= 11 is 0. The first-order valence-electron chi connectivity index (χ1n) is 6.88. The van der Waals surface area contributed by atoms with Crippen LogP contribution in [0.1, 0.15) is 29.3 Å². The minimum absolute atomic E-state index is 0. The van der Waals surface area contributed by atoms with Gasteiger partial charge in [0, 0.05) is 5.56 Å². The van der Waals surface area contributed by atoms with E-state index in [1.165, 1.54) is 18.2 Å². The van der Waals surface area contributed by atoms with E-state index < -0.39 is 16.0 Å². The highest BCUT2D eigenvalue weighted by atomic mass is 32.2. The molecule has 0 aliphatic heterocycles. The molecule has 0 aliphatic carbocycles. The molecule has 0 saturated carbocycles. The van der Waals surface area contributed by atoms with Crippen LogP contribution in [0.3, 0.4) is 0 Å². The van der Waals surface area contributed by atoms with Gasteiger partial charge >= 0.3 is 0 Å². The van der Waals surface area contributed by atoms with Crippen LogP contribution >= 0.6 is 0 Å². The van der Waals surface area contributed by atoms with Crippen LogP contribution in [-0.2, 0) is 16.5 Å². The maximum Gasteiger partial charge on any atom is 0.296 e. The van der Waals surface area contributed by atoms with Crippen LogP contribution in [0.25, 0.3) is 0 Å². The molecule has 0 fully saturated rings. The maximum absolute atomic E-state index is 12.2. The largest absolute Gasteiger partial charge is 0.321 e. The SMILES string of the molecule is CCCc1ccc(C(=O)Nc2ccccc2S(=O)(=O)O)cc1.[BH4-]. The number of hydrogen-bond donors (Lipinski definition) is 2. The summed E-state index contributed by atoms with van der Waals surface area (Å²) in [6, 6.07) is 12.8. The Bertz CT molecular complexity index is 773. The Labute approximate surface area is 138 Å². The van der Waals surface area contributed by atoms with Gasteiger partial charge in [-0.05, 0) is 36.2 Å². The van der Waals surface area contributed by atoms with Crippen molar-refractivity contribution in [3.05, 3.63) is 59.7 Å². The summed E-state index contributed by atoms with van der Waals surface area (Å²) in [6.07, 6.45) is 1.96. The number of carbonyl (C=O) groups excluding carboxylic acids is 1. The van der Waals surface area contributed by atoms with E-state index in [9.17, 15) is 13.2 Å². The topological polar surface area (TPSA) is 83.5 Å². The van der Waals surface area contributed by atoms with Crippen molar-refractivity contribution in [1.29, 1.82) is 0 Å². The highest BCUT2D eigenvalue weighted by molar-refractivity contribution is 7.86. The maximum atomic E-state index is 12.2. The fourth-order valence-electron chi connectivity index (χ4n) is 2.10. The second kappa shape index (κ2) is 7.94. The Balaban J connectivity index is 0.00000264. The molecule has 23 heavy (non-hydrogen) atoms. The predicted octanol–water partition coefficient (Wildman–Crippen LogP) is 1.69. The Hall–Kier alpha value is -2.12. The molecule has 2 rings (SSSR count). The Morgan fingerprint density at radius 1 is 1.09 bits per heavy atom. The lowest BCUT2D eigenvalue weighted by Crippen LogP contribution is -2.14. The molecule has 7 heteroatoms. The van der Waals surface area contributed by atoms with Gasteiger partial charge in [-0.2, -0.15) is 8.42 Å². The van der Waals surface area contributed by atoms with Gasteiger partial charge in [-0.25, -0.2) is 0 Å². The first kappa shape index (κ1) is 18.9. The molecule has 0 atom stereocenters. The monoisotopic (exact) mass is 334 g/mol. The lowest BCUT2D eigenvalue weighted by atomic mass is 10.1. The van der Waals surface area contributed by atoms with Gasteiger partial charge in [0.15, 0.2) is 0 Å². The van der Waals surface area contributed by atoms with Crippen molar-refractivity contribution in [3.8, 4) is 0 Å². The smallest absolute Gasteiger partial charge is 0.296 e. The van der Waals surface area contributed by atoms with Gasteiger partial charge in [0.25, 0.3) is 16.0 Å². The normalized spacial score (nSPS) is 10.7. The van der Waals surface area contributed by atoms with Gasteiger partial charge in [0.05, 0.1) is 5.69 Å². The summed E-state index contributed by atoms with van der Waals surface area (Å²) in [6.45, 7) is 2.08. The van der Waals surface area contributed by atoms with Gasteiger partial charge < -0.3 is 5.32 Å². The van der Waals surface area contributed by atoms with Gasteiger partial charge in [-0.15, -0.1) is 0 Å². The minimum Gasteiger partial charge on any atom is -0.321 e. The number of rotatable bonds is 5. The predicted molar refractivity (Wildman–Crippen MR) is 96.0 cm³/mol. The Kier molecular flexibility index (Phi) is 6.54. The number of benzene rings is 2. The first-order valence-corrected chi connectivity index (χ1v) is 8.32. The molecule has 2 aromatic carbocycles. The third kappa shape index (κ3) is 4.94. The molecule has 0 unspecified atom stereocenters. The number of amides is 1. The molecule has 1 amide bonds. The summed E-state index contributed by atoms with van der Waals surface area (Å²) in [5.74, 6) is -0.431. The number of aryl methyl sites for hydroxylation is 1. The van der Waals surface area contributed by atoms with Crippen molar-refractivity contribution in [2.24, 2.45) is 0 Å². The molecule has 0 spiro atoms. The van der Waals surface area contributed by atoms with Crippen LogP contribution in [-0.4, -0.2) is 27.3 Å². The van der Waals surface area contributed by atoms with E-state index in [0.29, 0.717) is 5.56 Å². The summed E-state index contributed by atoms with van der Waals surface area (Å²) in [4.78, 5) is 11.8. The Morgan fingerprint density at radius 2 is 1.70 bits per heavy atom. The molecular formula is C16H21BNO4S-. The van der Waals surface area contributed by atoms with Gasteiger partial charge in [-0.1, -0.05) is 46.0 Å². The molecule has 0 bridgehead atoms. The second-order valence-electron chi connectivity index (χ2n) is 4.87. The van der Waals surface area contributed by atoms with Crippen molar-refractivity contribution in [2.45, 2.75) is 24.7 Å². The average molecular weight is 334 g/mol. The van der Waals surface area contributed by atoms with Crippen molar-refractivity contribution in [3.63, 3.8) is 0 Å². The molecule has 124 valence electrons. The zero-order valence-corrected chi connectivity index (χ0v) is 12.9. The van der Waals surface area contributed by atoms with Crippen LogP contribution in [0.4, 0.5) is 5.69 Å². The van der Waals surface area contributed by atoms with Crippen molar-refractivity contribution in [2.75, 3.05) is 5.32 Å². The van der Waals surface area contributed by atoms with Crippen LogP contribution in [0.5, 0.6) is 0 Å². The van der Waals surface area contributed by atoms with Gasteiger partial charge in [-0.3, -0.25) is 9.35 Å². The van der Waals surface area contributed by atoms with E-state index in [1.807, 2.05) is 12.1 Å². The highest BCUT2D eigenvalue weighted by Crippen LogP contribution is 2.21. The molecule has 0 aliphatic rings. The van der Waals surface area contributed by atoms with Gasteiger partial charge in [0.1, 0.15) is 4.90 Å². The number of carbonyl (C=O) groups is 1. The van der Waals surface area contributed by atoms with Crippen LogP contribution in [0.15, 0.2) is 53.4 Å². The van der Waals surface area contributed by atoms with E-state index in [4.69, 9.17) is 4.55 Å². The minimum atomic E-state index is -4.39. The molecular weight excluding hydrogens is 313 g/mol. The van der Waals surface area contributed by atoms with E-state index in [2.05, 4.69) is 12.2 Å². The van der Waals surface area contributed by atoms with Crippen LogP contribution in [0, 0.1) is 0 Å². The summed E-state index contributed by atoms with van der Waals surface area (Å²) in [5.41, 5.74) is 1.61. The van der Waals surface area contributed by atoms with Gasteiger partial charge in [0.2, 0.25) is 0 Å². The average Bonchev–Trinajstić information content (AvgIpc) is 2.48. The number of nitrogens with one attached hydrogen (secondary N) is 1. The first-order chi connectivity index (χ1) is 10.4. The summed E-state index contributed by atoms with van der Waals surface area (Å²) in [5, 5.41) is 2.51. The Morgan fingerprint density at radius 3 is 2.26 bits per heavy atom. The fraction of sp³-hybridized carbons (Fsp3) is 0.188. The highest BCUT2D eigenvalue weighted by Gasteiger charge is 2.16.